The second-order valence-corrected chi connectivity index (χ2v) is 7.29. The molecule has 0 radical (unpaired) electrons. The number of ether oxygens (including phenoxy) is 2. The van der Waals surface area contributed by atoms with E-state index in [9.17, 15) is 19.2 Å². The Hall–Kier alpha value is -2.90. The van der Waals surface area contributed by atoms with Crippen LogP contribution in [0, 0.1) is 5.92 Å². The minimum Gasteiger partial charge on any atom is -0.465 e. The van der Waals surface area contributed by atoms with Crippen LogP contribution in [0.25, 0.3) is 0 Å². The van der Waals surface area contributed by atoms with Crippen molar-refractivity contribution in [2.24, 2.45) is 5.92 Å². The van der Waals surface area contributed by atoms with Crippen molar-refractivity contribution in [1.29, 1.82) is 0 Å². The first-order valence-electron chi connectivity index (χ1n) is 9.34. The fraction of sp³-hybridized carbons (Fsp3) is 0.500. The summed E-state index contributed by atoms with van der Waals surface area (Å²) >= 11 is 0. The van der Waals surface area contributed by atoms with Crippen LogP contribution in [0.2, 0.25) is 0 Å². The van der Waals surface area contributed by atoms with Crippen molar-refractivity contribution in [1.82, 2.24) is 10.2 Å². The molecule has 0 bridgehead atoms. The third-order valence-electron chi connectivity index (χ3n) is 5.56. The molecule has 2 aliphatic rings. The molecule has 8 nitrogen and oxygen atoms in total. The topological polar surface area (TPSA) is 102 Å². The molecular weight excluding hydrogens is 364 g/mol. The third kappa shape index (κ3) is 3.72. The number of methoxy groups -OCH3 is 1. The summed E-state index contributed by atoms with van der Waals surface area (Å²) < 4.78 is 9.81. The van der Waals surface area contributed by atoms with Crippen LogP contribution in [0.4, 0.5) is 4.79 Å². The maximum Gasteiger partial charge on any atom is 0.337 e. The molecule has 8 heteroatoms. The van der Waals surface area contributed by atoms with E-state index in [-0.39, 0.29) is 18.4 Å². The van der Waals surface area contributed by atoms with Crippen molar-refractivity contribution in [3.05, 3.63) is 35.4 Å². The van der Waals surface area contributed by atoms with Crippen molar-refractivity contribution in [3.63, 3.8) is 0 Å². The molecule has 150 valence electrons. The molecule has 1 spiro atoms. The summed E-state index contributed by atoms with van der Waals surface area (Å²) in [5, 5.41) is 2.81. The number of rotatable bonds is 5. The molecule has 2 atom stereocenters. The number of carbonyl (C=O) groups is 4. The molecule has 3 rings (SSSR count). The molecular formula is C20H24N2O6. The molecule has 2 fully saturated rings. The van der Waals surface area contributed by atoms with Crippen molar-refractivity contribution >= 4 is 23.9 Å². The van der Waals surface area contributed by atoms with Crippen molar-refractivity contribution in [3.8, 4) is 0 Å². The van der Waals surface area contributed by atoms with Gasteiger partial charge in [-0.25, -0.2) is 9.59 Å². The van der Waals surface area contributed by atoms with E-state index >= 15 is 0 Å². The van der Waals surface area contributed by atoms with Crippen LogP contribution >= 0.6 is 0 Å². The molecule has 1 N–H and O–H groups in total. The minimum absolute atomic E-state index is 0.0223. The highest BCUT2D eigenvalue weighted by molar-refractivity contribution is 6.09. The fourth-order valence-corrected chi connectivity index (χ4v) is 3.83. The number of amides is 3. The van der Waals surface area contributed by atoms with Crippen LogP contribution in [-0.2, 0) is 25.7 Å². The van der Waals surface area contributed by atoms with Crippen LogP contribution < -0.4 is 5.32 Å². The van der Waals surface area contributed by atoms with Gasteiger partial charge in [0, 0.05) is 0 Å². The quantitative estimate of drug-likeness (QED) is 0.612. The normalized spacial score (nSPS) is 24.2. The van der Waals surface area contributed by atoms with Gasteiger partial charge in [0.15, 0.2) is 0 Å². The molecule has 1 saturated carbocycles. The zero-order valence-electron chi connectivity index (χ0n) is 16.0. The van der Waals surface area contributed by atoms with E-state index in [2.05, 4.69) is 10.1 Å². The Morgan fingerprint density at radius 2 is 1.93 bits per heavy atom. The Kier molecular flexibility index (Phi) is 5.67. The van der Waals surface area contributed by atoms with Gasteiger partial charge in [0.1, 0.15) is 18.7 Å². The second kappa shape index (κ2) is 8.00. The van der Waals surface area contributed by atoms with Crippen molar-refractivity contribution in [2.75, 3.05) is 13.7 Å². The van der Waals surface area contributed by atoms with E-state index in [1.54, 1.807) is 24.3 Å². The Bertz CT molecular complexity index is 790. The van der Waals surface area contributed by atoms with Gasteiger partial charge in [-0.15, -0.1) is 0 Å². The highest BCUT2D eigenvalue weighted by atomic mass is 16.5. The number of nitrogens with zero attached hydrogens (tertiary/aromatic N) is 1. The van der Waals surface area contributed by atoms with Gasteiger partial charge in [0.25, 0.3) is 5.91 Å². The number of hydrogen-bond acceptors (Lipinski definition) is 6. The number of urea groups is 1. The zero-order valence-corrected chi connectivity index (χ0v) is 16.0. The maximum absolute atomic E-state index is 12.8. The zero-order chi connectivity index (χ0) is 20.3. The lowest BCUT2D eigenvalue weighted by Crippen LogP contribution is -2.54. The summed E-state index contributed by atoms with van der Waals surface area (Å²) in [7, 11) is 1.30. The Morgan fingerprint density at radius 3 is 2.57 bits per heavy atom. The van der Waals surface area contributed by atoms with E-state index < -0.39 is 30.1 Å². The Balaban J connectivity index is 1.57. The summed E-state index contributed by atoms with van der Waals surface area (Å²) in [4.78, 5) is 49.6. The van der Waals surface area contributed by atoms with Crippen molar-refractivity contribution in [2.45, 2.75) is 44.8 Å². The van der Waals surface area contributed by atoms with Crippen LogP contribution in [0.3, 0.4) is 0 Å². The van der Waals surface area contributed by atoms with Gasteiger partial charge in [0.05, 0.1) is 12.7 Å². The SMILES string of the molecule is COC(=O)c1ccc(COC(=O)CN2C(=O)N[C@@]3(CCCC[C@H]3C)C2=O)cc1. The van der Waals surface area contributed by atoms with Crippen molar-refractivity contribution < 1.29 is 28.7 Å². The lowest BCUT2D eigenvalue weighted by atomic mass is 9.73. The number of esters is 2. The summed E-state index contributed by atoms with van der Waals surface area (Å²) in [6.07, 6.45) is 3.36. The average molecular weight is 388 g/mol. The van der Waals surface area contributed by atoms with E-state index in [1.807, 2.05) is 6.92 Å². The van der Waals surface area contributed by atoms with Gasteiger partial charge in [-0.2, -0.15) is 0 Å². The monoisotopic (exact) mass is 388 g/mol. The van der Waals surface area contributed by atoms with E-state index in [1.165, 1.54) is 7.11 Å². The highest BCUT2D eigenvalue weighted by Crippen LogP contribution is 2.38. The molecule has 0 unspecified atom stereocenters. The lowest BCUT2D eigenvalue weighted by Gasteiger charge is -2.36. The van der Waals surface area contributed by atoms with Gasteiger partial charge in [-0.1, -0.05) is 31.9 Å². The number of hydrogen-bond donors (Lipinski definition) is 1. The predicted octanol–water partition coefficient (Wildman–Crippen LogP) is 2.02. The van der Waals surface area contributed by atoms with E-state index in [4.69, 9.17) is 4.74 Å². The summed E-state index contributed by atoms with van der Waals surface area (Å²) in [5.74, 6) is -1.43. The summed E-state index contributed by atoms with van der Waals surface area (Å²) in [5.41, 5.74) is 0.179. The molecule has 1 aliphatic heterocycles. The third-order valence-corrected chi connectivity index (χ3v) is 5.56. The molecule has 1 aromatic carbocycles. The highest BCUT2D eigenvalue weighted by Gasteiger charge is 2.55. The number of nitrogens with one attached hydrogen (secondary N) is 1. The summed E-state index contributed by atoms with van der Waals surface area (Å²) in [6.45, 7) is 1.52. The first kappa shape index (κ1) is 19.9. The van der Waals surface area contributed by atoms with Crippen LogP contribution in [0.5, 0.6) is 0 Å². The number of carbonyl (C=O) groups excluding carboxylic acids is 4. The molecule has 3 amide bonds. The maximum atomic E-state index is 12.8. The molecule has 1 heterocycles. The molecule has 1 aliphatic carbocycles. The van der Waals surface area contributed by atoms with Gasteiger partial charge < -0.3 is 14.8 Å². The second-order valence-electron chi connectivity index (χ2n) is 7.29. The van der Waals surface area contributed by atoms with Gasteiger partial charge >= 0.3 is 18.0 Å². The Morgan fingerprint density at radius 1 is 1.21 bits per heavy atom. The number of imide groups is 1. The molecule has 0 aromatic heterocycles. The standard InChI is InChI=1S/C20H24N2O6/c1-13-5-3-4-10-20(13)18(25)22(19(26)21-20)11-16(23)28-12-14-6-8-15(9-7-14)17(24)27-2/h6-9,13H,3-5,10-12H2,1-2H3,(H,21,26)/t13-,20-/m1/s1. The predicted molar refractivity (Wildman–Crippen MR) is 98.2 cm³/mol. The summed E-state index contributed by atoms with van der Waals surface area (Å²) in [6, 6.07) is 5.89. The first-order chi connectivity index (χ1) is 13.4. The van der Waals surface area contributed by atoms with E-state index in [0.29, 0.717) is 17.5 Å². The Labute approximate surface area is 163 Å². The van der Waals surface area contributed by atoms with Crippen LogP contribution in [0.1, 0.15) is 48.5 Å². The molecule has 28 heavy (non-hydrogen) atoms. The first-order valence-corrected chi connectivity index (χ1v) is 9.34. The van der Waals surface area contributed by atoms with Gasteiger partial charge in [-0.3, -0.25) is 14.5 Å². The van der Waals surface area contributed by atoms with E-state index in [0.717, 1.165) is 24.2 Å². The smallest absolute Gasteiger partial charge is 0.337 e. The van der Waals surface area contributed by atoms with Gasteiger partial charge in [0.2, 0.25) is 0 Å². The largest absolute Gasteiger partial charge is 0.465 e. The van der Waals surface area contributed by atoms with Crippen LogP contribution in [0.15, 0.2) is 24.3 Å². The molecule has 1 saturated heterocycles. The van der Waals surface area contributed by atoms with Crippen LogP contribution in [-0.4, -0.2) is 48.0 Å². The fourth-order valence-electron chi connectivity index (χ4n) is 3.83. The number of benzene rings is 1. The van der Waals surface area contributed by atoms with Gasteiger partial charge in [-0.05, 0) is 36.5 Å². The average Bonchev–Trinajstić information content (AvgIpc) is 2.93. The lowest BCUT2D eigenvalue weighted by molar-refractivity contribution is -0.149. The molecule has 1 aromatic rings. The minimum atomic E-state index is -0.890.